The molecule has 144 valence electrons. The molecule has 1 saturated heterocycles. The number of morpholine rings is 1. The molecule has 0 spiro atoms. The molecule has 1 atom stereocenters. The first-order valence-electron chi connectivity index (χ1n) is 8.37. The van der Waals surface area contributed by atoms with Crippen molar-refractivity contribution in [3.63, 3.8) is 0 Å². The van der Waals surface area contributed by atoms with E-state index in [1.165, 1.54) is 17.3 Å². The van der Waals surface area contributed by atoms with Crippen molar-refractivity contribution >= 4 is 23.4 Å². The molecule has 0 aliphatic carbocycles. The van der Waals surface area contributed by atoms with E-state index in [9.17, 15) is 9.59 Å². The van der Waals surface area contributed by atoms with Crippen molar-refractivity contribution in [3.8, 4) is 5.75 Å². The van der Waals surface area contributed by atoms with Gasteiger partial charge in [-0.05, 0) is 24.3 Å². The van der Waals surface area contributed by atoms with Gasteiger partial charge in [0.25, 0.3) is 0 Å². The van der Waals surface area contributed by atoms with Crippen molar-refractivity contribution in [2.24, 2.45) is 5.73 Å². The van der Waals surface area contributed by atoms with Crippen LogP contribution >= 0.6 is 11.6 Å². The molecule has 0 bridgehead atoms. The van der Waals surface area contributed by atoms with Crippen LogP contribution in [0.25, 0.3) is 0 Å². The molecule has 2 amide bonds. The van der Waals surface area contributed by atoms with Gasteiger partial charge in [0, 0.05) is 11.6 Å². The normalized spacial score (nSPS) is 19.7. The van der Waals surface area contributed by atoms with Crippen LogP contribution in [0.1, 0.15) is 6.42 Å². The lowest BCUT2D eigenvalue weighted by molar-refractivity contribution is -0.162. The SMILES string of the molecule is NC(=O)C[C@@]1(COc2ccc(Cl)cc2)CN(C(=O)Cn2cncn2)CCO1. The van der Waals surface area contributed by atoms with Gasteiger partial charge in [-0.3, -0.25) is 9.59 Å². The van der Waals surface area contributed by atoms with Crippen molar-refractivity contribution in [1.82, 2.24) is 19.7 Å². The van der Waals surface area contributed by atoms with Crippen molar-refractivity contribution in [2.75, 3.05) is 26.3 Å². The number of nitrogens with zero attached hydrogens (tertiary/aromatic N) is 4. The van der Waals surface area contributed by atoms with Gasteiger partial charge in [-0.2, -0.15) is 5.10 Å². The molecule has 27 heavy (non-hydrogen) atoms. The zero-order valence-electron chi connectivity index (χ0n) is 14.6. The van der Waals surface area contributed by atoms with Gasteiger partial charge in [0.2, 0.25) is 11.8 Å². The number of rotatable bonds is 7. The molecule has 3 rings (SSSR count). The summed E-state index contributed by atoms with van der Waals surface area (Å²) in [7, 11) is 0. The number of carbonyl (C=O) groups is 2. The van der Waals surface area contributed by atoms with E-state index in [1.54, 1.807) is 29.2 Å². The van der Waals surface area contributed by atoms with Crippen LogP contribution in [0, 0.1) is 0 Å². The van der Waals surface area contributed by atoms with Crippen LogP contribution in [0.4, 0.5) is 0 Å². The van der Waals surface area contributed by atoms with E-state index in [2.05, 4.69) is 10.1 Å². The van der Waals surface area contributed by atoms with Crippen molar-refractivity contribution < 1.29 is 19.1 Å². The fraction of sp³-hybridized carbons (Fsp3) is 0.412. The molecule has 2 N–H and O–H groups in total. The lowest BCUT2D eigenvalue weighted by atomic mass is 9.97. The van der Waals surface area contributed by atoms with Gasteiger partial charge in [0.1, 0.15) is 37.2 Å². The maximum absolute atomic E-state index is 12.6. The topological polar surface area (TPSA) is 113 Å². The predicted molar refractivity (Wildman–Crippen MR) is 96.0 cm³/mol. The van der Waals surface area contributed by atoms with Gasteiger partial charge in [-0.25, -0.2) is 9.67 Å². The second-order valence-electron chi connectivity index (χ2n) is 6.33. The van der Waals surface area contributed by atoms with Crippen molar-refractivity contribution in [1.29, 1.82) is 0 Å². The summed E-state index contributed by atoms with van der Waals surface area (Å²) in [5.74, 6) is -0.0951. The predicted octanol–water partition coefficient (Wildman–Crippen LogP) is 0.483. The molecule has 9 nitrogen and oxygen atoms in total. The number of primary amides is 1. The number of amides is 2. The van der Waals surface area contributed by atoms with Crippen LogP contribution in [0.15, 0.2) is 36.9 Å². The Bertz CT molecular complexity index is 783. The van der Waals surface area contributed by atoms with E-state index < -0.39 is 11.5 Å². The Morgan fingerprint density at radius 3 is 2.78 bits per heavy atom. The van der Waals surface area contributed by atoms with E-state index in [1.807, 2.05) is 0 Å². The van der Waals surface area contributed by atoms with Gasteiger partial charge in [0.15, 0.2) is 0 Å². The molecule has 10 heteroatoms. The number of nitrogens with two attached hydrogens (primary N) is 1. The number of hydrogen-bond acceptors (Lipinski definition) is 6. The molecule has 0 unspecified atom stereocenters. The zero-order chi connectivity index (χ0) is 19.3. The smallest absolute Gasteiger partial charge is 0.244 e. The summed E-state index contributed by atoms with van der Waals surface area (Å²) in [6.07, 6.45) is 2.77. The summed E-state index contributed by atoms with van der Waals surface area (Å²) >= 11 is 5.87. The van der Waals surface area contributed by atoms with Gasteiger partial charge in [-0.15, -0.1) is 0 Å². The summed E-state index contributed by atoms with van der Waals surface area (Å²) < 4.78 is 13.1. The van der Waals surface area contributed by atoms with Crippen LogP contribution in [-0.4, -0.2) is 63.4 Å². The minimum Gasteiger partial charge on any atom is -0.490 e. The third kappa shape index (κ3) is 5.18. The Morgan fingerprint density at radius 1 is 1.33 bits per heavy atom. The highest BCUT2D eigenvalue weighted by atomic mass is 35.5. The molecule has 0 radical (unpaired) electrons. The van der Waals surface area contributed by atoms with Gasteiger partial charge >= 0.3 is 0 Å². The summed E-state index contributed by atoms with van der Waals surface area (Å²) in [4.78, 5) is 29.6. The number of aromatic nitrogens is 3. The molecule has 1 aliphatic heterocycles. The Balaban J connectivity index is 1.69. The van der Waals surface area contributed by atoms with Crippen molar-refractivity contribution in [3.05, 3.63) is 41.9 Å². The summed E-state index contributed by atoms with van der Waals surface area (Å²) in [5.41, 5.74) is 4.40. The van der Waals surface area contributed by atoms with E-state index >= 15 is 0 Å². The van der Waals surface area contributed by atoms with E-state index in [4.69, 9.17) is 26.8 Å². The molecular formula is C17H20ClN5O4. The second kappa shape index (κ2) is 8.36. The Kier molecular flexibility index (Phi) is 5.92. The molecule has 1 fully saturated rings. The molecule has 2 heterocycles. The van der Waals surface area contributed by atoms with Gasteiger partial charge in [-0.1, -0.05) is 11.6 Å². The Hall–Kier alpha value is -2.65. The Morgan fingerprint density at radius 2 is 2.11 bits per heavy atom. The van der Waals surface area contributed by atoms with Gasteiger partial charge < -0.3 is 20.1 Å². The third-order valence-electron chi connectivity index (χ3n) is 4.18. The maximum atomic E-state index is 12.6. The van der Waals surface area contributed by atoms with Crippen LogP contribution in [0.2, 0.25) is 5.02 Å². The van der Waals surface area contributed by atoms with Crippen LogP contribution in [0.5, 0.6) is 5.75 Å². The highest BCUT2D eigenvalue weighted by molar-refractivity contribution is 6.30. The standard InChI is InChI=1S/C17H20ClN5O4/c18-13-1-3-14(4-2-13)26-10-17(7-15(19)24)9-22(5-6-27-17)16(25)8-23-12-20-11-21-23/h1-4,11-12H,5-10H2,(H2,19,24)/t17-/m0/s1. The highest BCUT2D eigenvalue weighted by Gasteiger charge is 2.41. The van der Waals surface area contributed by atoms with E-state index in [0.29, 0.717) is 17.3 Å². The Labute approximate surface area is 161 Å². The van der Waals surface area contributed by atoms with Crippen LogP contribution in [-0.2, 0) is 20.9 Å². The molecular weight excluding hydrogens is 374 g/mol. The van der Waals surface area contributed by atoms with Crippen LogP contribution < -0.4 is 10.5 Å². The zero-order valence-corrected chi connectivity index (χ0v) is 15.3. The largest absolute Gasteiger partial charge is 0.490 e. The molecule has 1 aliphatic rings. The summed E-state index contributed by atoms with van der Waals surface area (Å²) in [5, 5.41) is 4.53. The summed E-state index contributed by atoms with van der Waals surface area (Å²) in [6, 6.07) is 6.84. The fourth-order valence-electron chi connectivity index (χ4n) is 2.92. The average Bonchev–Trinajstić information content (AvgIpc) is 3.14. The van der Waals surface area contributed by atoms with Crippen LogP contribution in [0.3, 0.4) is 0 Å². The number of ether oxygens (including phenoxy) is 2. The van der Waals surface area contributed by atoms with E-state index in [0.717, 1.165) is 0 Å². The minimum absolute atomic E-state index is 0.0602. The minimum atomic E-state index is -1.01. The first-order chi connectivity index (χ1) is 13.0. The molecule has 0 saturated carbocycles. The lowest BCUT2D eigenvalue weighted by Crippen LogP contribution is -2.58. The number of benzene rings is 1. The first kappa shape index (κ1) is 19.1. The monoisotopic (exact) mass is 393 g/mol. The third-order valence-corrected chi connectivity index (χ3v) is 4.43. The number of hydrogen-bond donors (Lipinski definition) is 1. The fourth-order valence-corrected chi connectivity index (χ4v) is 3.05. The maximum Gasteiger partial charge on any atom is 0.244 e. The highest BCUT2D eigenvalue weighted by Crippen LogP contribution is 2.25. The molecule has 1 aromatic carbocycles. The first-order valence-corrected chi connectivity index (χ1v) is 8.74. The quantitative estimate of drug-likeness (QED) is 0.732. The van der Waals surface area contributed by atoms with E-state index in [-0.39, 0.29) is 38.6 Å². The summed E-state index contributed by atoms with van der Waals surface area (Å²) in [6.45, 7) is 1.02. The molecule has 2 aromatic rings. The number of halogens is 1. The molecule has 1 aromatic heterocycles. The number of carbonyl (C=O) groups excluding carboxylic acids is 2. The van der Waals surface area contributed by atoms with Gasteiger partial charge in [0.05, 0.1) is 19.6 Å². The lowest BCUT2D eigenvalue weighted by Gasteiger charge is -2.41. The second-order valence-corrected chi connectivity index (χ2v) is 6.76. The average molecular weight is 394 g/mol. The van der Waals surface area contributed by atoms with Crippen molar-refractivity contribution in [2.45, 2.75) is 18.6 Å².